The Bertz CT molecular complexity index is 663. The summed E-state index contributed by atoms with van der Waals surface area (Å²) < 4.78 is 12.6. The summed E-state index contributed by atoms with van der Waals surface area (Å²) in [5, 5.41) is 11.6. The third-order valence-electron chi connectivity index (χ3n) is 7.21. The molecule has 3 rings (SSSR count). The summed E-state index contributed by atoms with van der Waals surface area (Å²) in [6.07, 6.45) is 3.98. The van der Waals surface area contributed by atoms with E-state index in [9.17, 15) is 9.90 Å². The highest BCUT2D eigenvalue weighted by molar-refractivity contribution is 5.65. The Balaban J connectivity index is 2.22. The van der Waals surface area contributed by atoms with E-state index in [1.807, 2.05) is 26.8 Å². The van der Waals surface area contributed by atoms with Crippen molar-refractivity contribution < 1.29 is 19.4 Å². The van der Waals surface area contributed by atoms with E-state index in [0.29, 0.717) is 17.9 Å². The minimum absolute atomic E-state index is 0.0313. The number of aldehydes is 1. The second-order valence-electron chi connectivity index (χ2n) is 9.89. The standard InChI is InChI=1S/C22H34O4/c1-13(2)16-18-17(25-19(5,6)26-18)15-11-22(24,14(3)4)20(7,12-23)9-10-21(15,16)8/h11-13,16-18,24H,3,9-10H2,1-2,4-8H3/t16-,17+,18-,20+,21-,22+/m0/s1. The first-order valence-electron chi connectivity index (χ1n) is 9.75. The summed E-state index contributed by atoms with van der Waals surface area (Å²) in [6.45, 7) is 18.2. The number of hydrogen-bond acceptors (Lipinski definition) is 4. The van der Waals surface area contributed by atoms with Crippen LogP contribution in [0.25, 0.3) is 0 Å². The van der Waals surface area contributed by atoms with Crippen LogP contribution >= 0.6 is 0 Å². The normalized spacial score (nSPS) is 47.1. The van der Waals surface area contributed by atoms with E-state index in [4.69, 9.17) is 9.47 Å². The molecule has 0 bridgehead atoms. The molecule has 1 saturated carbocycles. The molecule has 0 aromatic carbocycles. The van der Waals surface area contributed by atoms with Crippen molar-refractivity contribution in [3.8, 4) is 0 Å². The fraction of sp³-hybridized carbons (Fsp3) is 0.773. The van der Waals surface area contributed by atoms with Crippen LogP contribution in [0.2, 0.25) is 0 Å². The van der Waals surface area contributed by atoms with E-state index in [1.165, 1.54) is 0 Å². The average Bonchev–Trinajstić information content (AvgIpc) is 2.89. The lowest BCUT2D eigenvalue weighted by Gasteiger charge is -2.40. The van der Waals surface area contributed by atoms with Gasteiger partial charge in [-0.05, 0) is 75.0 Å². The Labute approximate surface area is 157 Å². The Hall–Kier alpha value is -0.970. The molecule has 0 aromatic heterocycles. The van der Waals surface area contributed by atoms with Gasteiger partial charge in [0.25, 0.3) is 0 Å². The largest absolute Gasteiger partial charge is 0.380 e. The zero-order chi connectivity index (χ0) is 19.7. The van der Waals surface area contributed by atoms with Crippen LogP contribution in [0.1, 0.15) is 61.3 Å². The smallest absolute Gasteiger partial charge is 0.164 e. The third-order valence-corrected chi connectivity index (χ3v) is 7.21. The van der Waals surface area contributed by atoms with Crippen LogP contribution in [0.3, 0.4) is 0 Å². The van der Waals surface area contributed by atoms with Crippen molar-refractivity contribution >= 4 is 6.29 Å². The lowest BCUT2D eigenvalue weighted by molar-refractivity contribution is -0.162. The van der Waals surface area contributed by atoms with Crippen molar-refractivity contribution in [1.29, 1.82) is 0 Å². The highest BCUT2D eigenvalue weighted by Gasteiger charge is 2.64. The van der Waals surface area contributed by atoms with Crippen LogP contribution in [0, 0.1) is 22.7 Å². The number of aliphatic hydroxyl groups is 1. The number of carbonyl (C=O) groups excluding carboxylic acids is 1. The molecule has 1 saturated heterocycles. The van der Waals surface area contributed by atoms with Crippen molar-refractivity contribution in [2.75, 3.05) is 0 Å². The molecule has 3 aliphatic rings. The topological polar surface area (TPSA) is 55.8 Å². The Kier molecular flexibility index (Phi) is 4.38. The van der Waals surface area contributed by atoms with Gasteiger partial charge in [-0.2, -0.15) is 0 Å². The van der Waals surface area contributed by atoms with Gasteiger partial charge in [-0.25, -0.2) is 0 Å². The van der Waals surface area contributed by atoms with Gasteiger partial charge < -0.3 is 19.4 Å². The first kappa shape index (κ1) is 19.8. The Morgan fingerprint density at radius 3 is 2.38 bits per heavy atom. The fourth-order valence-corrected chi connectivity index (χ4v) is 5.70. The highest BCUT2D eigenvalue weighted by Crippen LogP contribution is 2.62. The van der Waals surface area contributed by atoms with Gasteiger partial charge in [-0.1, -0.05) is 27.4 Å². The van der Waals surface area contributed by atoms with E-state index in [-0.39, 0.29) is 23.5 Å². The molecular weight excluding hydrogens is 328 g/mol. The van der Waals surface area contributed by atoms with E-state index in [0.717, 1.165) is 18.3 Å². The van der Waals surface area contributed by atoms with Crippen LogP contribution in [-0.4, -0.2) is 35.0 Å². The average molecular weight is 363 g/mol. The Morgan fingerprint density at radius 2 is 1.88 bits per heavy atom. The molecule has 1 aliphatic heterocycles. The van der Waals surface area contributed by atoms with Gasteiger partial charge in [-0.3, -0.25) is 0 Å². The lowest BCUT2D eigenvalue weighted by Crippen LogP contribution is -2.47. The molecule has 1 heterocycles. The van der Waals surface area contributed by atoms with E-state index in [1.54, 1.807) is 6.92 Å². The summed E-state index contributed by atoms with van der Waals surface area (Å²) in [4.78, 5) is 12.0. The second-order valence-corrected chi connectivity index (χ2v) is 9.89. The maximum Gasteiger partial charge on any atom is 0.164 e. The van der Waals surface area contributed by atoms with Crippen LogP contribution in [0.15, 0.2) is 23.8 Å². The molecule has 6 atom stereocenters. The van der Waals surface area contributed by atoms with Gasteiger partial charge in [0.2, 0.25) is 0 Å². The molecule has 4 nitrogen and oxygen atoms in total. The second kappa shape index (κ2) is 5.76. The first-order chi connectivity index (χ1) is 11.8. The molecule has 2 fully saturated rings. The predicted molar refractivity (Wildman–Crippen MR) is 102 cm³/mol. The van der Waals surface area contributed by atoms with Crippen LogP contribution < -0.4 is 0 Å². The maximum atomic E-state index is 12.0. The Morgan fingerprint density at radius 1 is 1.27 bits per heavy atom. The molecule has 2 aliphatic carbocycles. The fourth-order valence-electron chi connectivity index (χ4n) is 5.70. The molecule has 0 amide bonds. The zero-order valence-electron chi connectivity index (χ0n) is 17.3. The predicted octanol–water partition coefficient (Wildman–Crippen LogP) is 4.03. The van der Waals surface area contributed by atoms with Crippen molar-refractivity contribution in [1.82, 2.24) is 0 Å². The molecule has 1 N–H and O–H groups in total. The number of ether oxygens (including phenoxy) is 2. The van der Waals surface area contributed by atoms with Gasteiger partial charge in [0.05, 0.1) is 11.5 Å². The van der Waals surface area contributed by atoms with Crippen molar-refractivity contribution in [3.63, 3.8) is 0 Å². The maximum absolute atomic E-state index is 12.0. The number of fused-ring (bicyclic) bond motifs is 3. The SMILES string of the molecule is C=C(C)[C@]1(O)C=C2[C@H]3OC(C)(C)O[C@H]3[C@H](C(C)C)[C@@]2(C)CC[C@]1(C)C=O. The number of hydrogen-bond donors (Lipinski definition) is 1. The van der Waals surface area contributed by atoms with Gasteiger partial charge in [0.1, 0.15) is 18.0 Å². The quantitative estimate of drug-likeness (QED) is 0.608. The molecule has 0 aromatic rings. The monoisotopic (exact) mass is 362 g/mol. The molecule has 0 radical (unpaired) electrons. The summed E-state index contributed by atoms with van der Waals surface area (Å²) in [5.41, 5.74) is -0.793. The van der Waals surface area contributed by atoms with Gasteiger partial charge >= 0.3 is 0 Å². The summed E-state index contributed by atoms with van der Waals surface area (Å²) in [6, 6.07) is 0. The lowest BCUT2D eigenvalue weighted by atomic mass is 9.66. The minimum Gasteiger partial charge on any atom is -0.380 e. The first-order valence-corrected chi connectivity index (χ1v) is 9.75. The van der Waals surface area contributed by atoms with Gasteiger partial charge in [0, 0.05) is 0 Å². The minimum atomic E-state index is -1.38. The summed E-state index contributed by atoms with van der Waals surface area (Å²) >= 11 is 0. The molecule has 4 heteroatoms. The van der Waals surface area contributed by atoms with Gasteiger partial charge in [-0.15, -0.1) is 0 Å². The van der Waals surface area contributed by atoms with Crippen molar-refractivity contribution in [2.45, 2.75) is 84.9 Å². The van der Waals surface area contributed by atoms with Crippen molar-refractivity contribution in [2.24, 2.45) is 22.7 Å². The van der Waals surface area contributed by atoms with Gasteiger partial charge in [0.15, 0.2) is 5.79 Å². The third kappa shape index (κ3) is 2.49. The highest BCUT2D eigenvalue weighted by atomic mass is 16.8. The van der Waals surface area contributed by atoms with E-state index < -0.39 is 16.8 Å². The van der Waals surface area contributed by atoms with Crippen LogP contribution in [0.5, 0.6) is 0 Å². The molecular formula is C22H34O4. The van der Waals surface area contributed by atoms with E-state index >= 15 is 0 Å². The van der Waals surface area contributed by atoms with Crippen molar-refractivity contribution in [3.05, 3.63) is 23.8 Å². The van der Waals surface area contributed by atoms with Crippen LogP contribution in [0.4, 0.5) is 0 Å². The molecule has 0 unspecified atom stereocenters. The molecule has 26 heavy (non-hydrogen) atoms. The molecule has 146 valence electrons. The number of carbonyl (C=O) groups is 1. The molecule has 0 spiro atoms. The van der Waals surface area contributed by atoms with E-state index in [2.05, 4.69) is 27.4 Å². The zero-order valence-corrected chi connectivity index (χ0v) is 17.3. The van der Waals surface area contributed by atoms with Crippen LogP contribution in [-0.2, 0) is 14.3 Å². The summed E-state index contributed by atoms with van der Waals surface area (Å²) in [7, 11) is 0. The number of rotatable bonds is 3. The summed E-state index contributed by atoms with van der Waals surface area (Å²) in [5.74, 6) is 0.0185.